The third-order valence-electron chi connectivity index (χ3n) is 5.99. The van der Waals surface area contributed by atoms with E-state index >= 15 is 0 Å². The lowest BCUT2D eigenvalue weighted by Crippen LogP contribution is -2.60. The van der Waals surface area contributed by atoms with Gasteiger partial charge in [0.15, 0.2) is 0 Å². The largest absolute Gasteiger partial charge is 0.748 e. The van der Waals surface area contributed by atoms with Crippen LogP contribution in [0.5, 0.6) is 0 Å². The number of hydrogen-bond acceptors (Lipinski definition) is 7. The van der Waals surface area contributed by atoms with Gasteiger partial charge in [-0.1, -0.05) is 51.5 Å². The zero-order chi connectivity index (χ0) is 23.2. The summed E-state index contributed by atoms with van der Waals surface area (Å²) in [6.45, 7) is 8.86. The van der Waals surface area contributed by atoms with E-state index in [4.69, 9.17) is 4.74 Å². The number of nitrogens with zero attached hydrogens (tertiary/aromatic N) is 2. The van der Waals surface area contributed by atoms with Crippen molar-refractivity contribution in [3.05, 3.63) is 12.7 Å². The number of piperazine rings is 1. The molecular weight excluding hydrogens is 420 g/mol. The number of carbonyl (C=O) groups is 1. The molecule has 1 fully saturated rings. The molecule has 0 saturated carbocycles. The van der Waals surface area contributed by atoms with Crippen LogP contribution in [0.1, 0.15) is 57.8 Å². The average Bonchev–Trinajstić information content (AvgIpc) is 2.68. The van der Waals surface area contributed by atoms with Crippen molar-refractivity contribution in [2.24, 2.45) is 0 Å². The molecule has 0 aromatic heterocycles. The molecule has 0 radical (unpaired) electrons. The number of aliphatic hydroxyl groups is 1. The van der Waals surface area contributed by atoms with Crippen LogP contribution in [0.25, 0.3) is 0 Å². The number of esters is 1. The molecule has 182 valence electrons. The molecule has 0 bridgehead atoms. The molecule has 9 heteroatoms. The Morgan fingerprint density at radius 3 is 2.13 bits per heavy atom. The Morgan fingerprint density at radius 2 is 1.61 bits per heavy atom. The van der Waals surface area contributed by atoms with Gasteiger partial charge in [-0.2, -0.15) is 0 Å². The maximum Gasteiger partial charge on any atom is 0.330 e. The van der Waals surface area contributed by atoms with Gasteiger partial charge in [-0.15, -0.1) is 0 Å². The highest BCUT2D eigenvalue weighted by Gasteiger charge is 2.31. The lowest BCUT2D eigenvalue weighted by Gasteiger charge is -2.43. The summed E-state index contributed by atoms with van der Waals surface area (Å²) in [5.74, 6) is -1.04. The van der Waals surface area contributed by atoms with Gasteiger partial charge in [-0.3, -0.25) is 4.90 Å². The second kappa shape index (κ2) is 14.9. The Hall–Kier alpha value is -1.00. The molecular formula is C22H42N2O6S. The van der Waals surface area contributed by atoms with Crippen LogP contribution in [0.2, 0.25) is 0 Å². The standard InChI is InChI=1S/C22H42N2O6S/c1-3-22(26)30-18-12-10-8-6-4-5-7-9-11-13-23-14-16-24(2,17-15-23)19-21(25)20-31(27,28)29/h3,21,25H,1,4-20H2,2H3. The fraction of sp³-hybridized carbons (Fsp3) is 0.864. The molecule has 0 aromatic carbocycles. The Balaban J connectivity index is 1.97. The third kappa shape index (κ3) is 14.6. The number of quaternary nitrogens is 1. The van der Waals surface area contributed by atoms with Gasteiger partial charge in [-0.05, 0) is 19.4 Å². The van der Waals surface area contributed by atoms with E-state index in [1.807, 2.05) is 7.05 Å². The number of aliphatic hydroxyl groups excluding tert-OH is 1. The van der Waals surface area contributed by atoms with Crippen LogP contribution in [-0.4, -0.2) is 98.2 Å². The maximum absolute atomic E-state index is 10.9. The lowest BCUT2D eigenvalue weighted by molar-refractivity contribution is -0.916. The molecule has 1 N–H and O–H groups in total. The zero-order valence-corrected chi connectivity index (χ0v) is 20.0. The van der Waals surface area contributed by atoms with Gasteiger partial charge < -0.3 is 18.9 Å². The van der Waals surface area contributed by atoms with Crippen LogP contribution in [0.3, 0.4) is 0 Å². The Morgan fingerprint density at radius 1 is 1.10 bits per heavy atom. The number of carbonyl (C=O) groups excluding carboxylic acids is 1. The van der Waals surface area contributed by atoms with Gasteiger partial charge in [0.2, 0.25) is 0 Å². The van der Waals surface area contributed by atoms with E-state index in [0.29, 0.717) is 17.6 Å². The van der Waals surface area contributed by atoms with Crippen molar-refractivity contribution in [2.75, 3.05) is 58.7 Å². The number of likely N-dealkylation sites (N-methyl/N-ethyl adjacent to an activating group) is 1. The summed E-state index contributed by atoms with van der Waals surface area (Å²) in [5, 5.41) is 9.88. The Labute approximate surface area is 188 Å². The highest BCUT2D eigenvalue weighted by molar-refractivity contribution is 7.85. The van der Waals surface area contributed by atoms with Crippen molar-refractivity contribution in [2.45, 2.75) is 63.9 Å². The van der Waals surface area contributed by atoms with Crippen molar-refractivity contribution in [3.8, 4) is 0 Å². The molecule has 1 atom stereocenters. The number of ether oxygens (including phenoxy) is 1. The van der Waals surface area contributed by atoms with Crippen LogP contribution >= 0.6 is 0 Å². The van der Waals surface area contributed by atoms with E-state index in [1.165, 1.54) is 51.0 Å². The Bertz CT molecular complexity index is 617. The van der Waals surface area contributed by atoms with Crippen molar-refractivity contribution in [1.29, 1.82) is 0 Å². The van der Waals surface area contributed by atoms with Crippen molar-refractivity contribution in [1.82, 2.24) is 4.90 Å². The minimum atomic E-state index is -4.38. The van der Waals surface area contributed by atoms with E-state index < -0.39 is 22.0 Å². The zero-order valence-electron chi connectivity index (χ0n) is 19.2. The van der Waals surface area contributed by atoms with Crippen LogP contribution in [0.4, 0.5) is 0 Å². The fourth-order valence-corrected chi connectivity index (χ4v) is 4.68. The van der Waals surface area contributed by atoms with Crippen molar-refractivity contribution < 1.29 is 32.1 Å². The molecule has 8 nitrogen and oxygen atoms in total. The first-order valence-corrected chi connectivity index (χ1v) is 13.2. The van der Waals surface area contributed by atoms with Crippen molar-refractivity contribution in [3.63, 3.8) is 0 Å². The number of hydrogen-bond donors (Lipinski definition) is 1. The van der Waals surface area contributed by atoms with Gasteiger partial charge in [0.25, 0.3) is 0 Å². The minimum absolute atomic E-state index is 0.315. The highest BCUT2D eigenvalue weighted by atomic mass is 32.2. The van der Waals surface area contributed by atoms with Crippen LogP contribution in [-0.2, 0) is 19.6 Å². The topological polar surface area (TPSA) is 107 Å². The van der Waals surface area contributed by atoms with Crippen LogP contribution in [0.15, 0.2) is 12.7 Å². The number of rotatable bonds is 17. The Kier molecular flexibility index (Phi) is 13.5. The molecule has 1 saturated heterocycles. The second-order valence-electron chi connectivity index (χ2n) is 9.02. The summed E-state index contributed by atoms with van der Waals surface area (Å²) in [6.07, 6.45) is 10.8. The summed E-state index contributed by atoms with van der Waals surface area (Å²) in [4.78, 5) is 13.3. The predicted octanol–water partition coefficient (Wildman–Crippen LogP) is 1.89. The molecule has 0 spiro atoms. The first-order chi connectivity index (χ1) is 14.6. The summed E-state index contributed by atoms with van der Waals surface area (Å²) >= 11 is 0. The normalized spacial score (nSPS) is 17.9. The number of unbranched alkanes of at least 4 members (excludes halogenated alkanes) is 8. The monoisotopic (exact) mass is 462 g/mol. The summed E-state index contributed by atoms with van der Waals surface area (Å²) in [5.41, 5.74) is 0. The SMILES string of the molecule is C=CC(=O)OCCCCCCCCCCCN1CC[N+](C)(CC(O)CS(=O)(=O)[O-])CC1. The molecule has 1 aliphatic rings. The van der Waals surface area contributed by atoms with E-state index in [2.05, 4.69) is 11.5 Å². The molecule has 1 unspecified atom stereocenters. The molecule has 0 aromatic rings. The van der Waals surface area contributed by atoms with Crippen molar-refractivity contribution >= 4 is 16.1 Å². The summed E-state index contributed by atoms with van der Waals surface area (Å²) < 4.78 is 38.0. The molecule has 1 heterocycles. The van der Waals surface area contributed by atoms with E-state index in [0.717, 1.165) is 45.6 Å². The van der Waals surface area contributed by atoms with Gasteiger partial charge >= 0.3 is 5.97 Å². The van der Waals surface area contributed by atoms with Gasteiger partial charge in [-0.25, -0.2) is 13.2 Å². The summed E-state index contributed by atoms with van der Waals surface area (Å²) in [7, 11) is -2.36. The van der Waals surface area contributed by atoms with E-state index in [9.17, 15) is 22.9 Å². The van der Waals surface area contributed by atoms with E-state index in [-0.39, 0.29) is 5.97 Å². The average molecular weight is 463 g/mol. The molecule has 0 aliphatic carbocycles. The first kappa shape index (κ1) is 28.0. The molecule has 1 rings (SSSR count). The quantitative estimate of drug-likeness (QED) is 0.116. The van der Waals surface area contributed by atoms with Gasteiger partial charge in [0.1, 0.15) is 12.6 Å². The van der Waals surface area contributed by atoms with Crippen LogP contribution in [0, 0.1) is 0 Å². The fourth-order valence-electron chi connectivity index (χ4n) is 4.10. The summed E-state index contributed by atoms with van der Waals surface area (Å²) in [6, 6.07) is 0. The maximum atomic E-state index is 10.9. The smallest absolute Gasteiger partial charge is 0.330 e. The predicted molar refractivity (Wildman–Crippen MR) is 121 cm³/mol. The second-order valence-corrected chi connectivity index (χ2v) is 10.5. The minimum Gasteiger partial charge on any atom is -0.748 e. The van der Waals surface area contributed by atoms with Gasteiger partial charge in [0, 0.05) is 19.2 Å². The van der Waals surface area contributed by atoms with Gasteiger partial charge in [0.05, 0.1) is 42.6 Å². The lowest BCUT2D eigenvalue weighted by atomic mass is 10.1. The van der Waals surface area contributed by atoms with Crippen LogP contribution < -0.4 is 0 Å². The van der Waals surface area contributed by atoms with E-state index in [1.54, 1.807) is 0 Å². The molecule has 0 amide bonds. The molecule has 1 aliphatic heterocycles. The highest BCUT2D eigenvalue weighted by Crippen LogP contribution is 2.14. The third-order valence-corrected chi connectivity index (χ3v) is 6.78. The first-order valence-electron chi connectivity index (χ1n) is 11.6. The molecule has 31 heavy (non-hydrogen) atoms.